The average molecular weight is 171 g/mol. The van der Waals surface area contributed by atoms with Crippen molar-refractivity contribution in [3.05, 3.63) is 6.61 Å². The maximum Gasteiger partial charge on any atom is 0.0860 e. The van der Waals surface area contributed by atoms with Crippen LogP contribution in [-0.4, -0.2) is 7.11 Å². The van der Waals surface area contributed by atoms with Gasteiger partial charge in [-0.1, -0.05) is 34.1 Å². The summed E-state index contributed by atoms with van der Waals surface area (Å²) in [5.74, 6) is 0.595. The Morgan fingerprint density at radius 3 is 2.33 bits per heavy atom. The van der Waals surface area contributed by atoms with Gasteiger partial charge in [0.1, 0.15) is 0 Å². The number of hydrogen-bond acceptors (Lipinski definition) is 1. The number of hydrogen-bond donors (Lipinski definition) is 0. The van der Waals surface area contributed by atoms with Gasteiger partial charge in [-0.25, -0.2) is 0 Å². The van der Waals surface area contributed by atoms with Gasteiger partial charge in [0.05, 0.1) is 6.61 Å². The van der Waals surface area contributed by atoms with Crippen LogP contribution in [0.3, 0.4) is 0 Å². The van der Waals surface area contributed by atoms with E-state index in [0.29, 0.717) is 11.3 Å². The van der Waals surface area contributed by atoms with Crippen molar-refractivity contribution in [3.63, 3.8) is 0 Å². The fourth-order valence-electron chi connectivity index (χ4n) is 1.25. The molecule has 0 fully saturated rings. The van der Waals surface area contributed by atoms with Gasteiger partial charge < -0.3 is 4.74 Å². The van der Waals surface area contributed by atoms with E-state index in [4.69, 9.17) is 4.74 Å². The lowest BCUT2D eigenvalue weighted by molar-refractivity contribution is 0.223. The quantitative estimate of drug-likeness (QED) is 0.613. The van der Waals surface area contributed by atoms with E-state index in [1.807, 2.05) is 6.61 Å². The van der Waals surface area contributed by atoms with Gasteiger partial charge in [-0.3, -0.25) is 0 Å². The van der Waals surface area contributed by atoms with Crippen LogP contribution in [0, 0.1) is 17.9 Å². The smallest absolute Gasteiger partial charge is 0.0860 e. The highest BCUT2D eigenvalue weighted by atomic mass is 16.5. The molecule has 1 atom stereocenters. The minimum absolute atomic E-state index is 0.479. The third-order valence-electron chi connectivity index (χ3n) is 1.95. The first-order valence-electron chi connectivity index (χ1n) is 4.82. The second-order valence-corrected chi connectivity index (χ2v) is 4.80. The zero-order valence-electron chi connectivity index (χ0n) is 9.18. The van der Waals surface area contributed by atoms with E-state index in [2.05, 4.69) is 27.7 Å². The maximum absolute atomic E-state index is 4.96. The van der Waals surface area contributed by atoms with Crippen LogP contribution in [0.4, 0.5) is 0 Å². The molecule has 1 radical (unpaired) electrons. The lowest BCUT2D eigenvalue weighted by Gasteiger charge is -2.18. The summed E-state index contributed by atoms with van der Waals surface area (Å²) in [5.41, 5.74) is 0.479. The van der Waals surface area contributed by atoms with Crippen molar-refractivity contribution in [3.8, 4) is 0 Å². The van der Waals surface area contributed by atoms with E-state index in [-0.39, 0.29) is 0 Å². The number of rotatable bonds is 5. The van der Waals surface area contributed by atoms with Crippen molar-refractivity contribution < 1.29 is 4.74 Å². The second kappa shape index (κ2) is 5.58. The summed E-state index contributed by atoms with van der Waals surface area (Å²) in [7, 11) is 1.72. The zero-order valence-corrected chi connectivity index (χ0v) is 9.18. The lowest BCUT2D eigenvalue weighted by Crippen LogP contribution is -2.06. The molecule has 0 saturated carbocycles. The van der Waals surface area contributed by atoms with Crippen LogP contribution in [0.2, 0.25) is 0 Å². The molecular weight excluding hydrogens is 148 g/mol. The number of methoxy groups -OCH3 is 1. The summed E-state index contributed by atoms with van der Waals surface area (Å²) in [6, 6.07) is 0. The highest BCUT2D eigenvalue weighted by Gasteiger charge is 2.10. The third-order valence-corrected chi connectivity index (χ3v) is 1.95. The molecule has 0 amide bonds. The minimum atomic E-state index is 0.479. The van der Waals surface area contributed by atoms with Crippen molar-refractivity contribution in [2.45, 2.75) is 47.0 Å². The Morgan fingerprint density at radius 2 is 1.92 bits per heavy atom. The molecule has 0 N–H and O–H groups in total. The van der Waals surface area contributed by atoms with Gasteiger partial charge in [0.25, 0.3) is 0 Å². The zero-order chi connectivity index (χ0) is 9.61. The van der Waals surface area contributed by atoms with Crippen LogP contribution < -0.4 is 0 Å². The summed E-state index contributed by atoms with van der Waals surface area (Å²) in [6.45, 7) is 11.0. The summed E-state index contributed by atoms with van der Waals surface area (Å²) < 4.78 is 4.96. The predicted molar refractivity (Wildman–Crippen MR) is 53.8 cm³/mol. The van der Waals surface area contributed by atoms with E-state index < -0.39 is 0 Å². The number of ether oxygens (including phenoxy) is 1. The second-order valence-electron chi connectivity index (χ2n) is 4.80. The maximum atomic E-state index is 4.96. The van der Waals surface area contributed by atoms with Gasteiger partial charge in [-0.15, -0.1) is 0 Å². The standard InChI is InChI=1S/C11H23O/c1-10(9-12-5)7-6-8-11(2,3)4/h9-10H,6-8H2,1-5H3. The van der Waals surface area contributed by atoms with Crippen LogP contribution in [0.1, 0.15) is 47.0 Å². The summed E-state index contributed by atoms with van der Waals surface area (Å²) in [6.07, 6.45) is 3.84. The molecule has 0 aliphatic carbocycles. The Bertz CT molecular complexity index is 102. The molecule has 0 aliphatic rings. The molecule has 0 spiro atoms. The first-order chi connectivity index (χ1) is 5.45. The van der Waals surface area contributed by atoms with E-state index in [9.17, 15) is 0 Å². The Labute approximate surface area is 77.5 Å². The van der Waals surface area contributed by atoms with Gasteiger partial charge >= 0.3 is 0 Å². The van der Waals surface area contributed by atoms with Crippen molar-refractivity contribution in [1.29, 1.82) is 0 Å². The highest BCUT2D eigenvalue weighted by molar-refractivity contribution is 4.66. The minimum Gasteiger partial charge on any atom is -0.378 e. The molecule has 73 valence electrons. The largest absolute Gasteiger partial charge is 0.378 e. The Hall–Kier alpha value is -0.0400. The molecule has 0 aromatic rings. The Morgan fingerprint density at radius 1 is 1.33 bits per heavy atom. The molecule has 0 aromatic carbocycles. The van der Waals surface area contributed by atoms with E-state index in [0.717, 1.165) is 0 Å². The summed E-state index contributed by atoms with van der Waals surface area (Å²) in [5, 5.41) is 0. The monoisotopic (exact) mass is 171 g/mol. The van der Waals surface area contributed by atoms with E-state index >= 15 is 0 Å². The molecule has 0 aromatic heterocycles. The van der Waals surface area contributed by atoms with Crippen molar-refractivity contribution >= 4 is 0 Å². The van der Waals surface area contributed by atoms with Gasteiger partial charge in [0.2, 0.25) is 0 Å². The highest BCUT2D eigenvalue weighted by Crippen LogP contribution is 2.23. The molecule has 0 heterocycles. The molecule has 0 bridgehead atoms. The Kier molecular flexibility index (Phi) is 5.56. The van der Waals surface area contributed by atoms with Crippen LogP contribution in [-0.2, 0) is 4.74 Å². The van der Waals surface area contributed by atoms with E-state index in [1.165, 1.54) is 19.3 Å². The molecule has 0 saturated heterocycles. The fourth-order valence-corrected chi connectivity index (χ4v) is 1.25. The summed E-state index contributed by atoms with van der Waals surface area (Å²) >= 11 is 0. The van der Waals surface area contributed by atoms with Crippen LogP contribution in [0.15, 0.2) is 0 Å². The van der Waals surface area contributed by atoms with Crippen molar-refractivity contribution in [2.75, 3.05) is 7.11 Å². The summed E-state index contributed by atoms with van der Waals surface area (Å²) in [4.78, 5) is 0. The van der Waals surface area contributed by atoms with Gasteiger partial charge in [0, 0.05) is 7.11 Å². The van der Waals surface area contributed by atoms with Gasteiger partial charge in [-0.05, 0) is 24.2 Å². The molecule has 12 heavy (non-hydrogen) atoms. The SMILES string of the molecule is CO[CH]C(C)CCCC(C)(C)C. The average Bonchev–Trinajstić information content (AvgIpc) is 1.84. The van der Waals surface area contributed by atoms with Crippen LogP contribution in [0.25, 0.3) is 0 Å². The van der Waals surface area contributed by atoms with E-state index in [1.54, 1.807) is 7.11 Å². The molecule has 1 heteroatoms. The normalized spacial score (nSPS) is 14.8. The molecule has 0 rings (SSSR count). The Balaban J connectivity index is 3.31. The molecule has 1 nitrogen and oxygen atoms in total. The van der Waals surface area contributed by atoms with Gasteiger partial charge in [0.15, 0.2) is 0 Å². The van der Waals surface area contributed by atoms with Crippen LogP contribution in [0.5, 0.6) is 0 Å². The molecular formula is C11H23O. The first-order valence-corrected chi connectivity index (χ1v) is 4.82. The fraction of sp³-hybridized carbons (Fsp3) is 0.909. The van der Waals surface area contributed by atoms with Gasteiger partial charge in [-0.2, -0.15) is 0 Å². The topological polar surface area (TPSA) is 9.23 Å². The molecule has 1 unspecified atom stereocenters. The van der Waals surface area contributed by atoms with Crippen molar-refractivity contribution in [1.82, 2.24) is 0 Å². The predicted octanol–water partition coefficient (Wildman–Crippen LogP) is 3.65. The molecule has 0 aliphatic heterocycles. The first kappa shape index (κ1) is 12.0. The lowest BCUT2D eigenvalue weighted by atomic mass is 9.88. The van der Waals surface area contributed by atoms with Crippen LogP contribution >= 0.6 is 0 Å². The third kappa shape index (κ3) is 8.06. The van der Waals surface area contributed by atoms with Crippen molar-refractivity contribution in [2.24, 2.45) is 11.3 Å².